The van der Waals surface area contributed by atoms with Crippen LogP contribution in [0.5, 0.6) is 5.75 Å². The van der Waals surface area contributed by atoms with E-state index in [2.05, 4.69) is 27.2 Å². The second-order valence-corrected chi connectivity index (χ2v) is 4.94. The van der Waals surface area contributed by atoms with Crippen molar-refractivity contribution in [2.75, 3.05) is 12.4 Å². The van der Waals surface area contributed by atoms with E-state index in [-0.39, 0.29) is 0 Å². The molecule has 0 amide bonds. The summed E-state index contributed by atoms with van der Waals surface area (Å²) >= 11 is 0. The number of fused-ring (bicyclic) bond motifs is 1. The zero-order valence-corrected chi connectivity index (χ0v) is 12.9. The highest BCUT2D eigenvalue weighted by atomic mass is 16.5. The van der Waals surface area contributed by atoms with Crippen molar-refractivity contribution in [1.29, 1.82) is 0 Å². The van der Waals surface area contributed by atoms with Crippen molar-refractivity contribution in [3.05, 3.63) is 41.7 Å². The molecule has 0 fully saturated rings. The van der Waals surface area contributed by atoms with E-state index in [1.54, 1.807) is 7.11 Å². The minimum atomic E-state index is 0.473. The zero-order valence-electron chi connectivity index (χ0n) is 12.9. The van der Waals surface area contributed by atoms with Gasteiger partial charge in [-0.3, -0.25) is 0 Å². The Kier molecular flexibility index (Phi) is 3.91. The predicted molar refractivity (Wildman–Crippen MR) is 84.0 cm³/mol. The van der Waals surface area contributed by atoms with Crippen molar-refractivity contribution >= 4 is 16.9 Å². The highest BCUT2D eigenvalue weighted by molar-refractivity contribution is 5.74. The smallest absolute Gasteiger partial charge is 0.214 e. The SMILES string of the molecule is CCc1cnc(C)nc1NCc1nc2cc(OC)ccc2o1. The molecular formula is C16H18N4O2. The molecule has 1 aromatic carbocycles. The molecule has 0 unspecified atom stereocenters. The number of nitrogens with one attached hydrogen (secondary N) is 1. The number of aryl methyl sites for hydroxylation is 2. The predicted octanol–water partition coefficient (Wildman–Crippen LogP) is 3.11. The van der Waals surface area contributed by atoms with Gasteiger partial charge >= 0.3 is 0 Å². The van der Waals surface area contributed by atoms with Gasteiger partial charge in [-0.1, -0.05) is 6.92 Å². The first-order chi connectivity index (χ1) is 10.7. The summed E-state index contributed by atoms with van der Waals surface area (Å²) in [5.74, 6) is 2.94. The van der Waals surface area contributed by atoms with Crippen LogP contribution in [0.2, 0.25) is 0 Å². The van der Waals surface area contributed by atoms with E-state index in [9.17, 15) is 0 Å². The van der Waals surface area contributed by atoms with Crippen LogP contribution in [-0.4, -0.2) is 22.1 Å². The summed E-state index contributed by atoms with van der Waals surface area (Å²) in [6, 6.07) is 5.57. The monoisotopic (exact) mass is 298 g/mol. The van der Waals surface area contributed by atoms with Gasteiger partial charge in [0.1, 0.15) is 22.9 Å². The molecule has 114 valence electrons. The van der Waals surface area contributed by atoms with Gasteiger partial charge in [0, 0.05) is 17.8 Å². The third-order valence-electron chi connectivity index (χ3n) is 3.41. The topological polar surface area (TPSA) is 73.1 Å². The van der Waals surface area contributed by atoms with E-state index in [1.165, 1.54) is 0 Å². The van der Waals surface area contributed by atoms with Gasteiger partial charge in [-0.05, 0) is 25.5 Å². The van der Waals surface area contributed by atoms with Crippen LogP contribution in [0.4, 0.5) is 5.82 Å². The third kappa shape index (κ3) is 2.86. The fourth-order valence-corrected chi connectivity index (χ4v) is 2.22. The van der Waals surface area contributed by atoms with Crippen molar-refractivity contribution < 1.29 is 9.15 Å². The van der Waals surface area contributed by atoms with Crippen molar-refractivity contribution in [2.24, 2.45) is 0 Å². The molecular weight excluding hydrogens is 280 g/mol. The number of ether oxygens (including phenoxy) is 1. The summed E-state index contributed by atoms with van der Waals surface area (Å²) in [5, 5.41) is 3.27. The number of oxazole rings is 1. The van der Waals surface area contributed by atoms with Crippen LogP contribution in [0.25, 0.3) is 11.1 Å². The van der Waals surface area contributed by atoms with E-state index < -0.39 is 0 Å². The molecule has 1 N–H and O–H groups in total. The molecule has 0 radical (unpaired) electrons. The molecule has 2 heterocycles. The Morgan fingerprint density at radius 3 is 2.91 bits per heavy atom. The lowest BCUT2D eigenvalue weighted by Gasteiger charge is -2.08. The van der Waals surface area contributed by atoms with E-state index >= 15 is 0 Å². The highest BCUT2D eigenvalue weighted by Crippen LogP contribution is 2.22. The largest absolute Gasteiger partial charge is 0.497 e. The lowest BCUT2D eigenvalue weighted by atomic mass is 10.2. The van der Waals surface area contributed by atoms with Crippen LogP contribution >= 0.6 is 0 Å². The molecule has 6 nitrogen and oxygen atoms in total. The first-order valence-corrected chi connectivity index (χ1v) is 7.19. The number of benzene rings is 1. The van der Waals surface area contributed by atoms with E-state index in [4.69, 9.17) is 9.15 Å². The first-order valence-electron chi connectivity index (χ1n) is 7.19. The number of nitrogens with zero attached hydrogens (tertiary/aromatic N) is 3. The number of rotatable bonds is 5. The Labute approximate surface area is 128 Å². The number of methoxy groups -OCH3 is 1. The van der Waals surface area contributed by atoms with E-state index in [0.717, 1.165) is 40.5 Å². The Bertz CT molecular complexity index is 798. The number of aromatic nitrogens is 3. The third-order valence-corrected chi connectivity index (χ3v) is 3.41. The van der Waals surface area contributed by atoms with Gasteiger partial charge in [-0.25, -0.2) is 15.0 Å². The van der Waals surface area contributed by atoms with Crippen molar-refractivity contribution in [3.8, 4) is 5.75 Å². The summed E-state index contributed by atoms with van der Waals surface area (Å²) in [5.41, 5.74) is 2.60. The van der Waals surface area contributed by atoms with Gasteiger partial charge in [-0.15, -0.1) is 0 Å². The number of anilines is 1. The Hall–Kier alpha value is -2.63. The van der Waals surface area contributed by atoms with Crippen LogP contribution in [0.3, 0.4) is 0 Å². The molecule has 0 aliphatic carbocycles. The summed E-state index contributed by atoms with van der Waals surface area (Å²) in [7, 11) is 1.63. The summed E-state index contributed by atoms with van der Waals surface area (Å²) < 4.78 is 10.9. The maximum atomic E-state index is 5.72. The van der Waals surface area contributed by atoms with Gasteiger partial charge < -0.3 is 14.5 Å². The molecule has 22 heavy (non-hydrogen) atoms. The standard InChI is InChI=1S/C16H18N4O2/c1-4-11-8-17-10(2)19-16(11)18-9-15-20-13-7-12(21-3)5-6-14(13)22-15/h5-8H,4,9H2,1-3H3,(H,17,18,19). The highest BCUT2D eigenvalue weighted by Gasteiger charge is 2.09. The maximum absolute atomic E-state index is 5.72. The van der Waals surface area contributed by atoms with E-state index in [1.807, 2.05) is 31.3 Å². The van der Waals surface area contributed by atoms with Gasteiger partial charge in [0.2, 0.25) is 5.89 Å². The second kappa shape index (κ2) is 6.01. The molecule has 0 saturated carbocycles. The fraction of sp³-hybridized carbons (Fsp3) is 0.312. The molecule has 0 spiro atoms. The maximum Gasteiger partial charge on any atom is 0.214 e. The molecule has 0 bridgehead atoms. The Balaban J connectivity index is 1.80. The van der Waals surface area contributed by atoms with Gasteiger partial charge in [0.25, 0.3) is 0 Å². The normalized spacial score (nSPS) is 10.9. The molecule has 0 atom stereocenters. The Morgan fingerprint density at radius 2 is 2.14 bits per heavy atom. The van der Waals surface area contributed by atoms with Crippen molar-refractivity contribution in [3.63, 3.8) is 0 Å². The molecule has 6 heteroatoms. The number of hydrogen-bond donors (Lipinski definition) is 1. The Morgan fingerprint density at radius 1 is 1.27 bits per heavy atom. The number of hydrogen-bond acceptors (Lipinski definition) is 6. The van der Waals surface area contributed by atoms with Gasteiger partial charge in [0.05, 0.1) is 13.7 Å². The molecule has 3 rings (SSSR count). The van der Waals surface area contributed by atoms with Gasteiger partial charge in [0.15, 0.2) is 5.58 Å². The lowest BCUT2D eigenvalue weighted by molar-refractivity contribution is 0.415. The van der Waals surface area contributed by atoms with Crippen LogP contribution in [-0.2, 0) is 13.0 Å². The summed E-state index contributed by atoms with van der Waals surface area (Å²) in [4.78, 5) is 13.1. The quantitative estimate of drug-likeness (QED) is 0.780. The molecule has 0 saturated heterocycles. The zero-order chi connectivity index (χ0) is 15.5. The van der Waals surface area contributed by atoms with Crippen LogP contribution in [0.1, 0.15) is 24.2 Å². The lowest BCUT2D eigenvalue weighted by Crippen LogP contribution is -2.06. The molecule has 3 aromatic rings. The molecule has 0 aliphatic heterocycles. The average molecular weight is 298 g/mol. The average Bonchev–Trinajstić information content (AvgIpc) is 2.94. The van der Waals surface area contributed by atoms with Crippen LogP contribution in [0.15, 0.2) is 28.8 Å². The van der Waals surface area contributed by atoms with E-state index in [0.29, 0.717) is 12.4 Å². The van der Waals surface area contributed by atoms with Crippen molar-refractivity contribution in [2.45, 2.75) is 26.8 Å². The molecule has 0 aliphatic rings. The second-order valence-electron chi connectivity index (χ2n) is 4.94. The van der Waals surface area contributed by atoms with Crippen LogP contribution in [0, 0.1) is 6.92 Å². The summed E-state index contributed by atoms with van der Waals surface area (Å²) in [6.45, 7) is 4.42. The van der Waals surface area contributed by atoms with Crippen LogP contribution < -0.4 is 10.1 Å². The minimum Gasteiger partial charge on any atom is -0.497 e. The van der Waals surface area contributed by atoms with Crippen molar-refractivity contribution in [1.82, 2.24) is 15.0 Å². The first kappa shape index (κ1) is 14.3. The minimum absolute atomic E-state index is 0.473. The molecule has 2 aromatic heterocycles. The van der Waals surface area contributed by atoms with Gasteiger partial charge in [-0.2, -0.15) is 0 Å². The fourth-order valence-electron chi connectivity index (χ4n) is 2.22. The summed E-state index contributed by atoms with van der Waals surface area (Å²) in [6.07, 6.45) is 2.72.